The summed E-state index contributed by atoms with van der Waals surface area (Å²) >= 11 is 0. The molecule has 1 saturated heterocycles. The monoisotopic (exact) mass is 428 g/mol. The molecule has 1 aliphatic rings. The summed E-state index contributed by atoms with van der Waals surface area (Å²) in [5, 5.41) is 3.27. The normalized spacial score (nSPS) is 18.4. The molecular weight excluding hydrogens is 406 g/mol. The van der Waals surface area contributed by atoms with Crippen LogP contribution in [0.4, 0.5) is 26.3 Å². The fraction of sp³-hybridized carbons (Fsp3) is 0.611. The smallest absolute Gasteiger partial charge is 0.422 e. The average molecular weight is 428 g/mol. The Morgan fingerprint density at radius 2 is 1.76 bits per heavy atom. The fourth-order valence-corrected chi connectivity index (χ4v) is 2.75. The Morgan fingerprint density at radius 1 is 1.07 bits per heavy atom. The van der Waals surface area contributed by atoms with Gasteiger partial charge in [0.1, 0.15) is 11.5 Å². The van der Waals surface area contributed by atoms with Crippen molar-refractivity contribution in [1.29, 1.82) is 0 Å². The molecule has 0 aliphatic carbocycles. The van der Waals surface area contributed by atoms with E-state index in [1.165, 1.54) is 7.11 Å². The van der Waals surface area contributed by atoms with Crippen molar-refractivity contribution in [2.45, 2.75) is 37.7 Å². The van der Waals surface area contributed by atoms with Crippen LogP contribution < -0.4 is 14.8 Å². The summed E-state index contributed by atoms with van der Waals surface area (Å²) in [5.41, 5.74) is -0.0211. The molecule has 164 valence electrons. The maximum Gasteiger partial charge on any atom is 0.422 e. The van der Waals surface area contributed by atoms with Gasteiger partial charge < -0.3 is 19.5 Å². The van der Waals surface area contributed by atoms with Crippen LogP contribution in [0.15, 0.2) is 23.2 Å². The molecule has 1 atom stereocenters. The number of hydrogen-bond donors (Lipinski definition) is 1. The summed E-state index contributed by atoms with van der Waals surface area (Å²) in [6.07, 6.45) is -6.19. The van der Waals surface area contributed by atoms with Crippen molar-refractivity contribution in [3.05, 3.63) is 23.8 Å². The molecule has 29 heavy (non-hydrogen) atoms. The van der Waals surface area contributed by atoms with Crippen molar-refractivity contribution in [3.63, 3.8) is 0 Å². The predicted molar refractivity (Wildman–Crippen MR) is 93.6 cm³/mol. The topological polar surface area (TPSA) is 52.1 Å². The molecule has 0 aromatic heterocycles. The zero-order chi connectivity index (χ0) is 21.5. The summed E-state index contributed by atoms with van der Waals surface area (Å²) < 4.78 is 89.4. The fourth-order valence-electron chi connectivity index (χ4n) is 2.75. The zero-order valence-corrected chi connectivity index (χ0v) is 15.7. The largest absolute Gasteiger partial charge is 0.484 e. The number of methoxy groups -OCH3 is 1. The molecular formula is C18H22F6N2O3. The van der Waals surface area contributed by atoms with E-state index in [1.54, 1.807) is 0 Å². The average Bonchev–Trinajstić information content (AvgIpc) is 2.65. The molecule has 11 heteroatoms. The number of hydrogen-bond acceptors (Lipinski definition) is 5. The number of alkyl halides is 6. The van der Waals surface area contributed by atoms with E-state index in [0.29, 0.717) is 6.54 Å². The quantitative estimate of drug-likeness (QED) is 0.404. The minimum atomic E-state index is -4.58. The first-order valence-electron chi connectivity index (χ1n) is 8.93. The molecule has 1 aromatic carbocycles. The van der Waals surface area contributed by atoms with Gasteiger partial charge in [-0.1, -0.05) is 6.42 Å². The lowest BCUT2D eigenvalue weighted by molar-refractivity contribution is -0.154. The van der Waals surface area contributed by atoms with Crippen molar-refractivity contribution in [1.82, 2.24) is 5.32 Å². The van der Waals surface area contributed by atoms with Gasteiger partial charge in [-0.25, -0.2) is 4.99 Å². The van der Waals surface area contributed by atoms with E-state index in [-0.39, 0.29) is 29.0 Å². The molecule has 1 aromatic rings. The molecule has 2 rings (SSSR count). The number of rotatable bonds is 7. The number of ether oxygens (including phenoxy) is 3. The standard InChI is InChI=1S/C18H22F6N2O3/c1-27-16(26-9-12-4-2-3-7-25-12)14-8-13(28-10-17(19,20)21)5-6-15(14)29-11-18(22,23)24/h5-6,8,12,25H,2-4,7,9-11H2,1H3/b26-16-. The highest BCUT2D eigenvalue weighted by Crippen LogP contribution is 2.28. The van der Waals surface area contributed by atoms with Crippen LogP contribution in [0.2, 0.25) is 0 Å². The third kappa shape index (κ3) is 8.38. The molecule has 0 radical (unpaired) electrons. The first-order valence-corrected chi connectivity index (χ1v) is 8.93. The maximum absolute atomic E-state index is 12.5. The van der Waals surface area contributed by atoms with Gasteiger partial charge >= 0.3 is 12.4 Å². The van der Waals surface area contributed by atoms with Crippen LogP contribution >= 0.6 is 0 Å². The minimum Gasteiger partial charge on any atom is -0.484 e. The Kier molecular flexibility index (Phi) is 8.00. The zero-order valence-electron chi connectivity index (χ0n) is 15.7. The Labute approximate surface area is 164 Å². The first-order chi connectivity index (χ1) is 13.6. The van der Waals surface area contributed by atoms with Crippen LogP contribution in [0.1, 0.15) is 24.8 Å². The van der Waals surface area contributed by atoms with Crippen molar-refractivity contribution < 1.29 is 40.6 Å². The van der Waals surface area contributed by atoms with Gasteiger partial charge in [-0.15, -0.1) is 0 Å². The molecule has 0 amide bonds. The van der Waals surface area contributed by atoms with Crippen molar-refractivity contribution in [3.8, 4) is 11.5 Å². The Balaban J connectivity index is 2.25. The van der Waals surface area contributed by atoms with Crippen molar-refractivity contribution in [2.24, 2.45) is 4.99 Å². The van der Waals surface area contributed by atoms with Crippen LogP contribution in [-0.4, -0.2) is 57.7 Å². The second-order valence-electron chi connectivity index (χ2n) is 6.46. The molecule has 1 N–H and O–H groups in total. The van der Waals surface area contributed by atoms with E-state index in [9.17, 15) is 26.3 Å². The Morgan fingerprint density at radius 3 is 2.34 bits per heavy atom. The molecule has 1 heterocycles. The highest BCUT2D eigenvalue weighted by atomic mass is 19.4. The number of piperidine rings is 1. The number of halogens is 6. The van der Waals surface area contributed by atoms with Gasteiger partial charge in [0.2, 0.25) is 5.90 Å². The third-order valence-corrected chi connectivity index (χ3v) is 4.04. The number of nitrogens with one attached hydrogen (secondary N) is 1. The molecule has 0 saturated carbocycles. The van der Waals surface area contributed by atoms with E-state index < -0.39 is 25.6 Å². The van der Waals surface area contributed by atoms with E-state index in [0.717, 1.165) is 44.0 Å². The minimum absolute atomic E-state index is 0.0211. The lowest BCUT2D eigenvalue weighted by atomic mass is 10.1. The van der Waals surface area contributed by atoms with E-state index in [4.69, 9.17) is 9.47 Å². The molecule has 1 unspecified atom stereocenters. The van der Waals surface area contributed by atoms with E-state index >= 15 is 0 Å². The summed E-state index contributed by atoms with van der Waals surface area (Å²) in [6.45, 7) is -1.97. The van der Waals surface area contributed by atoms with Crippen molar-refractivity contribution >= 4 is 5.90 Å². The third-order valence-electron chi connectivity index (χ3n) is 4.04. The van der Waals surface area contributed by atoms with Crippen LogP contribution in [0.3, 0.4) is 0 Å². The number of nitrogens with zero attached hydrogens (tertiary/aromatic N) is 1. The molecule has 1 fully saturated rings. The molecule has 1 aliphatic heterocycles. The van der Waals surface area contributed by atoms with Crippen LogP contribution in [0.5, 0.6) is 11.5 Å². The van der Waals surface area contributed by atoms with Gasteiger partial charge in [0, 0.05) is 6.04 Å². The van der Waals surface area contributed by atoms with Crippen LogP contribution in [0.25, 0.3) is 0 Å². The second kappa shape index (κ2) is 10.0. The number of benzene rings is 1. The second-order valence-corrected chi connectivity index (χ2v) is 6.46. The lowest BCUT2D eigenvalue weighted by Gasteiger charge is -2.22. The highest BCUT2D eigenvalue weighted by Gasteiger charge is 2.30. The Bertz CT molecular complexity index is 685. The summed E-state index contributed by atoms with van der Waals surface area (Å²) in [7, 11) is 1.27. The first kappa shape index (κ1) is 23.1. The molecule has 5 nitrogen and oxygen atoms in total. The van der Waals surface area contributed by atoms with Crippen LogP contribution in [0, 0.1) is 0 Å². The highest BCUT2D eigenvalue weighted by molar-refractivity contribution is 5.97. The predicted octanol–water partition coefficient (Wildman–Crippen LogP) is 4.10. The SMILES string of the molecule is CO/C(=N\CC1CCCCN1)c1cc(OCC(F)(F)F)ccc1OCC(F)(F)F. The van der Waals surface area contributed by atoms with Gasteiger partial charge in [-0.05, 0) is 37.6 Å². The summed E-state index contributed by atoms with van der Waals surface area (Å²) in [4.78, 5) is 4.28. The van der Waals surface area contributed by atoms with Crippen molar-refractivity contribution in [2.75, 3.05) is 33.4 Å². The Hall–Kier alpha value is -2.17. The molecule has 0 bridgehead atoms. The molecule has 0 spiro atoms. The summed E-state index contributed by atoms with van der Waals surface area (Å²) in [5.74, 6) is -0.469. The lowest BCUT2D eigenvalue weighted by Crippen LogP contribution is -2.36. The van der Waals surface area contributed by atoms with Gasteiger partial charge in [0.05, 0.1) is 19.2 Å². The van der Waals surface area contributed by atoms with Gasteiger partial charge in [-0.3, -0.25) is 0 Å². The summed E-state index contributed by atoms with van der Waals surface area (Å²) in [6, 6.07) is 3.39. The number of aliphatic imine (C=N–C) groups is 1. The van der Waals surface area contributed by atoms with Gasteiger partial charge in [0.15, 0.2) is 13.2 Å². The van der Waals surface area contributed by atoms with Gasteiger partial charge in [-0.2, -0.15) is 26.3 Å². The van der Waals surface area contributed by atoms with Gasteiger partial charge in [0.25, 0.3) is 0 Å². The van der Waals surface area contributed by atoms with E-state index in [1.807, 2.05) is 0 Å². The maximum atomic E-state index is 12.5. The van der Waals surface area contributed by atoms with E-state index in [2.05, 4.69) is 15.0 Å². The van der Waals surface area contributed by atoms with Crippen LogP contribution in [-0.2, 0) is 4.74 Å².